The monoisotopic (exact) mass is 415 g/mol. The molecule has 1 saturated heterocycles. The number of esters is 1. The van der Waals surface area contributed by atoms with Crippen LogP contribution in [0, 0.1) is 0 Å². The molecule has 30 heavy (non-hydrogen) atoms. The van der Waals surface area contributed by atoms with Gasteiger partial charge in [-0.1, -0.05) is 0 Å². The number of nitrogens with one attached hydrogen (secondary N) is 1. The van der Waals surface area contributed by atoms with E-state index >= 15 is 0 Å². The Morgan fingerprint density at radius 2 is 1.83 bits per heavy atom. The van der Waals surface area contributed by atoms with Gasteiger partial charge in [0.25, 0.3) is 5.91 Å². The summed E-state index contributed by atoms with van der Waals surface area (Å²) in [5.41, 5.74) is 0.747. The number of anilines is 1. The molecule has 0 aromatic heterocycles. The lowest BCUT2D eigenvalue weighted by molar-refractivity contribution is -0.119. The summed E-state index contributed by atoms with van der Waals surface area (Å²) in [7, 11) is 3.01. The van der Waals surface area contributed by atoms with Gasteiger partial charge in [0.1, 0.15) is 23.9 Å². The van der Waals surface area contributed by atoms with E-state index in [1.165, 1.54) is 14.2 Å². The summed E-state index contributed by atoms with van der Waals surface area (Å²) < 4.78 is 26.6. The Bertz CT molecular complexity index is 860. The minimum Gasteiger partial charge on any atom is -0.497 e. The minimum atomic E-state index is -0.603. The maximum atomic E-state index is 12.2. The van der Waals surface area contributed by atoms with Gasteiger partial charge in [0.2, 0.25) is 0 Å². The van der Waals surface area contributed by atoms with Crippen LogP contribution < -0.4 is 19.5 Å². The Morgan fingerprint density at radius 1 is 1.07 bits per heavy atom. The lowest BCUT2D eigenvalue weighted by Crippen LogP contribution is -2.21. The summed E-state index contributed by atoms with van der Waals surface area (Å²) in [6, 6.07) is 11.6. The first kappa shape index (κ1) is 21.4. The molecule has 8 nitrogen and oxygen atoms in total. The fourth-order valence-electron chi connectivity index (χ4n) is 2.96. The zero-order chi connectivity index (χ0) is 21.3. The number of amides is 1. The number of ether oxygens (including phenoxy) is 5. The van der Waals surface area contributed by atoms with E-state index in [1.807, 2.05) is 0 Å². The van der Waals surface area contributed by atoms with E-state index in [0.717, 1.165) is 19.4 Å². The molecule has 1 aliphatic rings. The molecule has 160 valence electrons. The van der Waals surface area contributed by atoms with Crippen molar-refractivity contribution in [1.29, 1.82) is 0 Å². The predicted molar refractivity (Wildman–Crippen MR) is 109 cm³/mol. The first-order chi connectivity index (χ1) is 14.6. The number of hydrogen-bond acceptors (Lipinski definition) is 7. The Kier molecular flexibility index (Phi) is 7.51. The first-order valence-electron chi connectivity index (χ1n) is 9.62. The molecular weight excluding hydrogens is 390 g/mol. The average Bonchev–Trinajstić information content (AvgIpc) is 3.30. The molecule has 0 saturated carbocycles. The SMILES string of the molecule is COc1ccc(OC)c(NC(=O)COC(=O)c2ccc(OC[C@H]3CCCO3)cc2)c1. The fourth-order valence-corrected chi connectivity index (χ4v) is 2.96. The predicted octanol–water partition coefficient (Wildman–Crippen LogP) is 3.06. The molecule has 3 rings (SSSR count). The summed E-state index contributed by atoms with van der Waals surface area (Å²) in [5, 5.41) is 2.64. The van der Waals surface area contributed by atoms with Crippen LogP contribution in [-0.4, -0.2) is 52.0 Å². The molecule has 1 fully saturated rings. The highest BCUT2D eigenvalue weighted by Crippen LogP contribution is 2.28. The molecule has 0 unspecified atom stereocenters. The third kappa shape index (κ3) is 5.87. The molecule has 1 amide bonds. The van der Waals surface area contributed by atoms with E-state index in [4.69, 9.17) is 23.7 Å². The van der Waals surface area contributed by atoms with E-state index in [0.29, 0.717) is 35.1 Å². The molecule has 1 aliphatic heterocycles. The summed E-state index contributed by atoms with van der Waals surface area (Å²) in [5.74, 6) is 0.573. The summed E-state index contributed by atoms with van der Waals surface area (Å²) in [6.07, 6.45) is 2.17. The van der Waals surface area contributed by atoms with Crippen LogP contribution in [0.2, 0.25) is 0 Å². The third-order valence-electron chi connectivity index (χ3n) is 4.56. The number of benzene rings is 2. The van der Waals surface area contributed by atoms with Crippen molar-refractivity contribution in [2.45, 2.75) is 18.9 Å². The summed E-state index contributed by atoms with van der Waals surface area (Å²) >= 11 is 0. The maximum Gasteiger partial charge on any atom is 0.338 e. The van der Waals surface area contributed by atoms with Gasteiger partial charge < -0.3 is 29.0 Å². The third-order valence-corrected chi connectivity index (χ3v) is 4.56. The van der Waals surface area contributed by atoms with Crippen molar-refractivity contribution in [1.82, 2.24) is 0 Å². The molecule has 0 spiro atoms. The van der Waals surface area contributed by atoms with Crippen molar-refractivity contribution < 1.29 is 33.3 Å². The van der Waals surface area contributed by atoms with Gasteiger partial charge in [-0.05, 0) is 49.2 Å². The molecule has 0 radical (unpaired) electrons. The largest absolute Gasteiger partial charge is 0.497 e. The van der Waals surface area contributed by atoms with E-state index in [2.05, 4.69) is 5.32 Å². The molecular formula is C22H25NO7. The zero-order valence-electron chi connectivity index (χ0n) is 17.0. The molecule has 2 aromatic rings. The van der Waals surface area contributed by atoms with Crippen molar-refractivity contribution in [3.05, 3.63) is 48.0 Å². The molecule has 1 atom stereocenters. The summed E-state index contributed by atoms with van der Waals surface area (Å²) in [4.78, 5) is 24.4. The second kappa shape index (κ2) is 10.5. The number of rotatable bonds is 9. The van der Waals surface area contributed by atoms with Crippen LogP contribution >= 0.6 is 0 Å². The highest BCUT2D eigenvalue weighted by atomic mass is 16.5. The Hall–Kier alpha value is -3.26. The average molecular weight is 415 g/mol. The van der Waals surface area contributed by atoms with Gasteiger partial charge in [0, 0.05) is 12.7 Å². The van der Waals surface area contributed by atoms with Gasteiger partial charge in [0.15, 0.2) is 6.61 Å². The molecule has 2 aromatic carbocycles. The Balaban J connectivity index is 1.48. The second-order valence-electron chi connectivity index (χ2n) is 6.66. The van der Waals surface area contributed by atoms with Crippen molar-refractivity contribution in [2.75, 3.05) is 39.4 Å². The topological polar surface area (TPSA) is 92.3 Å². The quantitative estimate of drug-likeness (QED) is 0.629. The van der Waals surface area contributed by atoms with Crippen LogP contribution in [0.25, 0.3) is 0 Å². The normalized spacial score (nSPS) is 15.3. The van der Waals surface area contributed by atoms with Crippen molar-refractivity contribution in [3.8, 4) is 17.2 Å². The molecule has 1 heterocycles. The van der Waals surface area contributed by atoms with Gasteiger partial charge in [-0.2, -0.15) is 0 Å². The van der Waals surface area contributed by atoms with Crippen LogP contribution in [0.5, 0.6) is 17.2 Å². The Labute approximate surface area is 175 Å². The fraction of sp³-hybridized carbons (Fsp3) is 0.364. The number of methoxy groups -OCH3 is 2. The van der Waals surface area contributed by atoms with E-state index in [9.17, 15) is 9.59 Å². The molecule has 8 heteroatoms. The smallest absolute Gasteiger partial charge is 0.338 e. The Morgan fingerprint density at radius 3 is 2.50 bits per heavy atom. The van der Waals surface area contributed by atoms with E-state index in [-0.39, 0.29) is 6.10 Å². The number of carbonyl (C=O) groups is 2. The van der Waals surface area contributed by atoms with Crippen LogP contribution in [0.4, 0.5) is 5.69 Å². The highest BCUT2D eigenvalue weighted by Gasteiger charge is 2.16. The zero-order valence-corrected chi connectivity index (χ0v) is 17.0. The minimum absolute atomic E-state index is 0.122. The number of carbonyl (C=O) groups excluding carboxylic acids is 2. The lowest BCUT2D eigenvalue weighted by atomic mass is 10.2. The van der Waals surface area contributed by atoms with Crippen LogP contribution in [-0.2, 0) is 14.3 Å². The van der Waals surface area contributed by atoms with Gasteiger partial charge in [0.05, 0.1) is 31.6 Å². The van der Waals surface area contributed by atoms with Crippen LogP contribution in [0.15, 0.2) is 42.5 Å². The van der Waals surface area contributed by atoms with Crippen LogP contribution in [0.1, 0.15) is 23.2 Å². The second-order valence-corrected chi connectivity index (χ2v) is 6.66. The van der Waals surface area contributed by atoms with Gasteiger partial charge in [-0.25, -0.2) is 4.79 Å². The standard InChI is InChI=1S/C22H25NO7/c1-26-17-9-10-20(27-2)19(12-17)23-21(24)14-30-22(25)15-5-7-16(8-6-15)29-13-18-4-3-11-28-18/h5-10,12,18H,3-4,11,13-14H2,1-2H3,(H,23,24)/t18-/m1/s1. The first-order valence-corrected chi connectivity index (χ1v) is 9.62. The molecule has 1 N–H and O–H groups in total. The maximum absolute atomic E-state index is 12.2. The van der Waals surface area contributed by atoms with Crippen LogP contribution in [0.3, 0.4) is 0 Å². The van der Waals surface area contributed by atoms with Crippen molar-refractivity contribution in [3.63, 3.8) is 0 Å². The van der Waals surface area contributed by atoms with E-state index < -0.39 is 18.5 Å². The summed E-state index contributed by atoms with van der Waals surface area (Å²) in [6.45, 7) is 0.825. The molecule has 0 aliphatic carbocycles. The van der Waals surface area contributed by atoms with Crippen molar-refractivity contribution >= 4 is 17.6 Å². The van der Waals surface area contributed by atoms with Gasteiger partial charge >= 0.3 is 5.97 Å². The van der Waals surface area contributed by atoms with Gasteiger partial charge in [-0.15, -0.1) is 0 Å². The van der Waals surface area contributed by atoms with Crippen molar-refractivity contribution in [2.24, 2.45) is 0 Å². The van der Waals surface area contributed by atoms with Gasteiger partial charge in [-0.3, -0.25) is 4.79 Å². The molecule has 0 bridgehead atoms. The number of hydrogen-bond donors (Lipinski definition) is 1. The van der Waals surface area contributed by atoms with E-state index in [1.54, 1.807) is 42.5 Å². The lowest BCUT2D eigenvalue weighted by Gasteiger charge is -2.12. The highest BCUT2D eigenvalue weighted by molar-refractivity contribution is 5.96.